The van der Waals surface area contributed by atoms with Gasteiger partial charge in [-0.15, -0.1) is 0 Å². The number of amides is 1. The summed E-state index contributed by atoms with van der Waals surface area (Å²) in [7, 11) is -3.53. The van der Waals surface area contributed by atoms with Crippen LogP contribution in [0, 0.1) is 6.92 Å². The topological polar surface area (TPSA) is 96.4 Å². The van der Waals surface area contributed by atoms with E-state index in [0.29, 0.717) is 24.8 Å². The highest BCUT2D eigenvalue weighted by molar-refractivity contribution is 7.92. The van der Waals surface area contributed by atoms with Crippen molar-refractivity contribution < 1.29 is 18.4 Å². The monoisotopic (exact) mass is 438 g/mol. The van der Waals surface area contributed by atoms with Crippen LogP contribution in [0.3, 0.4) is 0 Å². The molecule has 1 atom stereocenters. The van der Waals surface area contributed by atoms with Gasteiger partial charge in [0.05, 0.1) is 17.7 Å². The molecule has 1 saturated heterocycles. The molecule has 1 amide bonds. The van der Waals surface area contributed by atoms with Crippen LogP contribution < -0.4 is 5.48 Å². The molecule has 6 nitrogen and oxygen atoms in total. The Morgan fingerprint density at radius 2 is 1.87 bits per heavy atom. The summed E-state index contributed by atoms with van der Waals surface area (Å²) < 4.78 is 24.8. The van der Waals surface area contributed by atoms with Crippen LogP contribution in [0.15, 0.2) is 54.6 Å². The minimum absolute atomic E-state index is 0.0513. The number of hydroxylamine groups is 1. The lowest BCUT2D eigenvalue weighted by Crippen LogP contribution is -2.44. The fraction of sp³-hybridized carbons (Fsp3) is 0.333. The van der Waals surface area contributed by atoms with Crippen molar-refractivity contribution in [2.75, 3.05) is 5.75 Å². The van der Waals surface area contributed by atoms with Crippen molar-refractivity contribution in [3.63, 3.8) is 0 Å². The lowest BCUT2D eigenvalue weighted by Gasteiger charge is -2.36. The Morgan fingerprint density at radius 3 is 2.58 bits per heavy atom. The minimum Gasteiger partial charge on any atom is -0.289 e. The first-order valence-electron chi connectivity index (χ1n) is 10.4. The molecule has 0 saturated carbocycles. The van der Waals surface area contributed by atoms with E-state index in [1.54, 1.807) is 5.48 Å². The summed E-state index contributed by atoms with van der Waals surface area (Å²) in [6.45, 7) is 1.98. The number of fused-ring (bicyclic) bond motifs is 1. The van der Waals surface area contributed by atoms with Crippen LogP contribution in [0.5, 0.6) is 0 Å². The van der Waals surface area contributed by atoms with E-state index in [2.05, 4.69) is 17.1 Å². The number of aromatic nitrogens is 1. The Labute approximate surface area is 182 Å². The highest BCUT2D eigenvalue weighted by Crippen LogP contribution is 2.43. The third-order valence-corrected chi connectivity index (χ3v) is 8.82. The van der Waals surface area contributed by atoms with Crippen molar-refractivity contribution >= 4 is 26.6 Å². The van der Waals surface area contributed by atoms with Gasteiger partial charge in [0, 0.05) is 11.1 Å². The van der Waals surface area contributed by atoms with Gasteiger partial charge in [0.2, 0.25) is 5.91 Å². The van der Waals surface area contributed by atoms with Gasteiger partial charge in [-0.25, -0.2) is 13.9 Å². The van der Waals surface area contributed by atoms with Crippen LogP contribution in [0.1, 0.15) is 48.1 Å². The Bertz CT molecular complexity index is 1220. The summed E-state index contributed by atoms with van der Waals surface area (Å²) in [5.74, 6) is -0.635. The number of hydrogen-bond acceptors (Lipinski definition) is 5. The molecular weight excluding hydrogens is 412 g/mol. The first kappa shape index (κ1) is 21.5. The third kappa shape index (κ3) is 4.07. The molecule has 1 aromatic heterocycles. The van der Waals surface area contributed by atoms with Crippen molar-refractivity contribution in [2.24, 2.45) is 0 Å². The molecular formula is C24H26N2O4S. The Balaban J connectivity index is 1.69. The zero-order valence-corrected chi connectivity index (χ0v) is 18.3. The van der Waals surface area contributed by atoms with Gasteiger partial charge >= 0.3 is 0 Å². The van der Waals surface area contributed by atoms with Gasteiger partial charge in [-0.2, -0.15) is 0 Å². The van der Waals surface area contributed by atoms with Crippen LogP contribution in [0.25, 0.3) is 10.9 Å². The van der Waals surface area contributed by atoms with Gasteiger partial charge in [0.1, 0.15) is 4.75 Å². The maximum Gasteiger partial charge on any atom is 0.245 e. The number of carbonyl (C=O) groups excluding carboxylic acids is 1. The fourth-order valence-electron chi connectivity index (χ4n) is 4.66. The normalized spacial score (nSPS) is 20.5. The highest BCUT2D eigenvalue weighted by atomic mass is 32.2. The molecule has 0 radical (unpaired) electrons. The van der Waals surface area contributed by atoms with E-state index in [-0.39, 0.29) is 12.2 Å². The number of hydrogen-bond donors (Lipinski definition) is 2. The molecule has 0 aliphatic carbocycles. The predicted molar refractivity (Wildman–Crippen MR) is 120 cm³/mol. The maximum absolute atomic E-state index is 13.0. The zero-order chi connectivity index (χ0) is 22.1. The molecule has 4 rings (SSSR count). The quantitative estimate of drug-likeness (QED) is 0.466. The summed E-state index contributed by atoms with van der Waals surface area (Å²) in [5.41, 5.74) is 6.33. The second-order valence-electron chi connectivity index (χ2n) is 8.30. The summed E-state index contributed by atoms with van der Waals surface area (Å²) in [5, 5.41) is 10.1. The smallest absolute Gasteiger partial charge is 0.245 e. The second kappa shape index (κ2) is 8.40. The standard InChI is InChI=1S/C24H26N2O4S/c1-17-14-19(21-6-2-3-7-22(21)25-17)15-18-8-10-20(11-9-18)24(16-23(27)26-28)12-4-5-13-31(24,29)30/h2-3,6-11,14,28H,4-5,12-13,15-16H2,1H3,(H,26,27). The van der Waals surface area contributed by atoms with Crippen LogP contribution in [-0.2, 0) is 25.8 Å². The van der Waals surface area contributed by atoms with E-state index in [4.69, 9.17) is 5.21 Å². The van der Waals surface area contributed by atoms with Gasteiger partial charge in [-0.3, -0.25) is 15.0 Å². The van der Waals surface area contributed by atoms with E-state index < -0.39 is 20.5 Å². The van der Waals surface area contributed by atoms with E-state index in [1.807, 2.05) is 49.4 Å². The van der Waals surface area contributed by atoms with Gasteiger partial charge in [-0.05, 0) is 55.0 Å². The number of aryl methyl sites for hydroxylation is 1. The van der Waals surface area contributed by atoms with E-state index in [0.717, 1.165) is 34.1 Å². The van der Waals surface area contributed by atoms with Gasteiger partial charge in [0.25, 0.3) is 0 Å². The van der Waals surface area contributed by atoms with Gasteiger partial charge < -0.3 is 0 Å². The molecule has 2 heterocycles. The number of benzene rings is 2. The van der Waals surface area contributed by atoms with E-state index in [1.165, 1.54) is 0 Å². The molecule has 1 unspecified atom stereocenters. The number of sulfone groups is 1. The number of nitrogens with zero attached hydrogens (tertiary/aromatic N) is 1. The highest BCUT2D eigenvalue weighted by Gasteiger charge is 2.48. The molecule has 2 N–H and O–H groups in total. The first-order chi connectivity index (χ1) is 14.8. The number of para-hydroxylation sites is 1. The largest absolute Gasteiger partial charge is 0.289 e. The summed E-state index contributed by atoms with van der Waals surface area (Å²) >= 11 is 0. The molecule has 3 aromatic rings. The van der Waals surface area contributed by atoms with Crippen molar-refractivity contribution in [3.8, 4) is 0 Å². The average Bonchev–Trinajstić information content (AvgIpc) is 2.75. The summed E-state index contributed by atoms with van der Waals surface area (Å²) in [6, 6.07) is 17.6. The number of carbonyl (C=O) groups is 1. The lowest BCUT2D eigenvalue weighted by atomic mass is 9.87. The molecule has 31 heavy (non-hydrogen) atoms. The minimum atomic E-state index is -3.53. The molecule has 1 aliphatic heterocycles. The lowest BCUT2D eigenvalue weighted by molar-refractivity contribution is -0.130. The van der Waals surface area contributed by atoms with Gasteiger partial charge in [0.15, 0.2) is 9.84 Å². The molecule has 0 spiro atoms. The molecule has 7 heteroatoms. The first-order valence-corrected chi connectivity index (χ1v) is 12.1. The van der Waals surface area contributed by atoms with Crippen molar-refractivity contribution in [3.05, 3.63) is 77.0 Å². The maximum atomic E-state index is 13.0. The predicted octanol–water partition coefficient (Wildman–Crippen LogP) is 3.82. The Morgan fingerprint density at radius 1 is 1.13 bits per heavy atom. The SMILES string of the molecule is Cc1cc(Cc2ccc(C3(CC(=O)NO)CCCCS3(=O)=O)cc2)c2ccccc2n1. The molecule has 2 aromatic carbocycles. The molecule has 162 valence electrons. The molecule has 1 aliphatic rings. The van der Waals surface area contributed by atoms with Crippen LogP contribution >= 0.6 is 0 Å². The second-order valence-corrected chi connectivity index (χ2v) is 10.7. The van der Waals surface area contributed by atoms with Crippen molar-refractivity contribution in [2.45, 2.75) is 43.8 Å². The van der Waals surface area contributed by atoms with Crippen molar-refractivity contribution in [1.82, 2.24) is 10.5 Å². The number of nitrogens with one attached hydrogen (secondary N) is 1. The summed E-state index contributed by atoms with van der Waals surface area (Å²) in [4.78, 5) is 16.6. The van der Waals surface area contributed by atoms with Crippen molar-refractivity contribution in [1.29, 1.82) is 0 Å². The average molecular weight is 439 g/mol. The van der Waals surface area contributed by atoms with E-state index in [9.17, 15) is 13.2 Å². The van der Waals surface area contributed by atoms with Gasteiger partial charge in [-0.1, -0.05) is 48.9 Å². The third-order valence-electron chi connectivity index (χ3n) is 6.21. The van der Waals surface area contributed by atoms with Crippen LogP contribution in [-0.4, -0.2) is 30.3 Å². The van der Waals surface area contributed by atoms with Crippen LogP contribution in [0.4, 0.5) is 0 Å². The van der Waals surface area contributed by atoms with Crippen LogP contribution in [0.2, 0.25) is 0 Å². The zero-order valence-electron chi connectivity index (χ0n) is 17.5. The number of rotatable bonds is 5. The van der Waals surface area contributed by atoms with E-state index >= 15 is 0 Å². The number of pyridine rings is 1. The summed E-state index contributed by atoms with van der Waals surface area (Å²) in [6.07, 6.45) is 2.11. The Hall–Kier alpha value is -2.77. The Kier molecular flexibility index (Phi) is 5.81. The molecule has 1 fully saturated rings. The molecule has 0 bridgehead atoms. The fourth-order valence-corrected chi connectivity index (χ4v) is 6.94.